The molecule has 0 fully saturated rings. The summed E-state index contributed by atoms with van der Waals surface area (Å²) in [4.78, 5) is 30.8. The van der Waals surface area contributed by atoms with Crippen molar-refractivity contribution in [2.75, 3.05) is 6.61 Å². The van der Waals surface area contributed by atoms with Crippen molar-refractivity contribution < 1.29 is 24.0 Å². The Balaban J connectivity index is 1.56. The second-order valence-corrected chi connectivity index (χ2v) is 6.57. The Bertz CT molecular complexity index is 1170. The van der Waals surface area contributed by atoms with E-state index in [0.29, 0.717) is 22.8 Å². The number of carbonyl (C=O) groups excluding carboxylic acids is 2. The van der Waals surface area contributed by atoms with Gasteiger partial charge in [-0.15, -0.1) is 0 Å². The van der Waals surface area contributed by atoms with Gasteiger partial charge in [0.25, 0.3) is 11.8 Å². The van der Waals surface area contributed by atoms with Crippen LogP contribution in [0.25, 0.3) is 11.4 Å². The summed E-state index contributed by atoms with van der Waals surface area (Å²) < 4.78 is 10.9. The van der Waals surface area contributed by atoms with Gasteiger partial charge in [-0.1, -0.05) is 12.7 Å². The molecule has 3 aromatic rings. The molecular weight excluding hydrogens is 412 g/mol. The molecule has 0 unspecified atom stereocenters. The van der Waals surface area contributed by atoms with E-state index in [1.165, 1.54) is 18.5 Å². The van der Waals surface area contributed by atoms with Crippen molar-refractivity contribution in [2.45, 2.75) is 6.92 Å². The molecule has 9 nitrogen and oxygen atoms in total. The van der Waals surface area contributed by atoms with Crippen molar-refractivity contribution in [2.24, 2.45) is 0 Å². The van der Waals surface area contributed by atoms with Crippen LogP contribution in [0.5, 0.6) is 5.75 Å². The third-order valence-electron chi connectivity index (χ3n) is 4.36. The Morgan fingerprint density at radius 3 is 2.88 bits per heavy atom. The lowest BCUT2D eigenvalue weighted by Crippen LogP contribution is -2.21. The van der Waals surface area contributed by atoms with Crippen LogP contribution >= 0.6 is 0 Å². The fraction of sp³-hybridized carbons (Fsp3) is 0.0870. The van der Waals surface area contributed by atoms with Crippen LogP contribution in [0.3, 0.4) is 0 Å². The Kier molecular flexibility index (Phi) is 7.39. The number of aryl methyl sites for hydroxylation is 1. The van der Waals surface area contributed by atoms with Crippen molar-refractivity contribution >= 4 is 11.8 Å². The number of allylic oxidation sites excluding steroid dienone is 3. The molecule has 0 spiro atoms. The number of nitrogens with zero attached hydrogens (tertiary/aromatic N) is 1. The summed E-state index contributed by atoms with van der Waals surface area (Å²) in [6.07, 6.45) is 11.2. The van der Waals surface area contributed by atoms with Crippen molar-refractivity contribution in [3.05, 3.63) is 96.4 Å². The third kappa shape index (κ3) is 5.61. The number of carbonyl (C=O) groups is 2. The number of hydrogen-bond acceptors (Lipinski definition) is 6. The zero-order valence-corrected chi connectivity index (χ0v) is 17.3. The molecule has 0 bridgehead atoms. The van der Waals surface area contributed by atoms with E-state index in [0.717, 1.165) is 5.56 Å². The number of H-pyrrole nitrogens is 1. The first-order valence-corrected chi connectivity index (χ1v) is 9.58. The van der Waals surface area contributed by atoms with E-state index >= 15 is 0 Å². The molecule has 0 saturated heterocycles. The first kappa shape index (κ1) is 22.3. The standard InChI is InChI=1S/C23H22N4O5/c1-3-17(26-23(29)21-15(2)8-11-32-21)6-4-5-10-31-18-7-9-24-20(13-18)19-12-16(14-25-19)22(28)27-30/h3-9,11-14,25,30H,1,10H2,2H3,(H,26,29)(H,27,28)/b5-4-,17-6+. The van der Waals surface area contributed by atoms with Crippen LogP contribution in [0.15, 0.2) is 83.9 Å². The number of hydrogen-bond donors (Lipinski definition) is 4. The summed E-state index contributed by atoms with van der Waals surface area (Å²) in [6, 6.07) is 6.71. The molecule has 0 aliphatic rings. The van der Waals surface area contributed by atoms with Gasteiger partial charge in [-0.2, -0.15) is 0 Å². The lowest BCUT2D eigenvalue weighted by molar-refractivity contribution is 0.0706. The van der Waals surface area contributed by atoms with Crippen molar-refractivity contribution in [1.29, 1.82) is 0 Å². The lowest BCUT2D eigenvalue weighted by Gasteiger charge is -2.05. The molecule has 0 atom stereocenters. The fourth-order valence-electron chi connectivity index (χ4n) is 2.71. The molecule has 164 valence electrons. The Morgan fingerprint density at radius 1 is 1.31 bits per heavy atom. The molecule has 3 heterocycles. The van der Waals surface area contributed by atoms with Crippen LogP contribution in [0.4, 0.5) is 0 Å². The molecular formula is C23H22N4O5. The summed E-state index contributed by atoms with van der Waals surface area (Å²) in [6.45, 7) is 5.76. The third-order valence-corrected chi connectivity index (χ3v) is 4.36. The number of pyridine rings is 1. The highest BCUT2D eigenvalue weighted by Gasteiger charge is 2.12. The number of aromatic nitrogens is 2. The SMILES string of the molecule is C=C/C(=C\C=C/COc1ccnc(-c2cc(C(=O)NO)c[nH]2)c1)NC(=O)c1occc1C. The van der Waals surface area contributed by atoms with E-state index < -0.39 is 5.91 Å². The number of hydroxylamine groups is 1. The molecule has 0 aliphatic carbocycles. The Hall–Kier alpha value is -4.37. The highest BCUT2D eigenvalue weighted by molar-refractivity contribution is 5.94. The first-order chi connectivity index (χ1) is 15.5. The minimum atomic E-state index is -0.618. The van der Waals surface area contributed by atoms with Crippen LogP contribution < -0.4 is 15.5 Å². The molecule has 2 amide bonds. The van der Waals surface area contributed by atoms with Gasteiger partial charge in [0, 0.05) is 29.7 Å². The van der Waals surface area contributed by atoms with E-state index in [1.807, 2.05) is 0 Å². The average Bonchev–Trinajstić information content (AvgIpc) is 3.47. The first-order valence-electron chi connectivity index (χ1n) is 9.58. The maximum atomic E-state index is 12.2. The predicted octanol–water partition coefficient (Wildman–Crippen LogP) is 3.53. The minimum Gasteiger partial charge on any atom is -0.489 e. The number of nitrogens with one attached hydrogen (secondary N) is 3. The number of aromatic amines is 1. The van der Waals surface area contributed by atoms with Gasteiger partial charge >= 0.3 is 0 Å². The van der Waals surface area contributed by atoms with Crippen LogP contribution in [0.2, 0.25) is 0 Å². The quantitative estimate of drug-likeness (QED) is 0.232. The van der Waals surface area contributed by atoms with Crippen molar-refractivity contribution in [3.8, 4) is 17.1 Å². The lowest BCUT2D eigenvalue weighted by atomic mass is 10.2. The summed E-state index contributed by atoms with van der Waals surface area (Å²) in [5.74, 6) is -0.134. The van der Waals surface area contributed by atoms with Gasteiger partial charge in [-0.3, -0.25) is 19.8 Å². The smallest absolute Gasteiger partial charge is 0.291 e. The Morgan fingerprint density at radius 2 is 2.16 bits per heavy atom. The highest BCUT2D eigenvalue weighted by atomic mass is 16.5. The van der Waals surface area contributed by atoms with E-state index in [1.54, 1.807) is 61.1 Å². The Labute approximate surface area is 184 Å². The van der Waals surface area contributed by atoms with Gasteiger partial charge in [-0.05, 0) is 43.4 Å². The van der Waals surface area contributed by atoms with Crippen LogP contribution in [0.1, 0.15) is 26.5 Å². The van der Waals surface area contributed by atoms with Crippen LogP contribution in [0, 0.1) is 6.92 Å². The fourth-order valence-corrected chi connectivity index (χ4v) is 2.71. The van der Waals surface area contributed by atoms with E-state index in [2.05, 4.69) is 21.9 Å². The number of furan rings is 1. The molecule has 0 radical (unpaired) electrons. The molecule has 0 aromatic carbocycles. The van der Waals surface area contributed by atoms with Crippen LogP contribution in [-0.4, -0.2) is 33.6 Å². The molecule has 9 heteroatoms. The maximum Gasteiger partial charge on any atom is 0.291 e. The van der Waals surface area contributed by atoms with Crippen LogP contribution in [-0.2, 0) is 0 Å². The van der Waals surface area contributed by atoms with Crippen molar-refractivity contribution in [1.82, 2.24) is 20.8 Å². The van der Waals surface area contributed by atoms with Gasteiger partial charge in [0.2, 0.25) is 0 Å². The van der Waals surface area contributed by atoms with E-state index in [4.69, 9.17) is 14.4 Å². The molecule has 32 heavy (non-hydrogen) atoms. The van der Waals surface area contributed by atoms with Gasteiger partial charge in [0.05, 0.1) is 23.2 Å². The van der Waals surface area contributed by atoms with Gasteiger partial charge < -0.3 is 19.5 Å². The average molecular weight is 434 g/mol. The minimum absolute atomic E-state index is 0.254. The zero-order valence-electron chi connectivity index (χ0n) is 17.3. The predicted molar refractivity (Wildman–Crippen MR) is 117 cm³/mol. The monoisotopic (exact) mass is 434 g/mol. The summed E-state index contributed by atoms with van der Waals surface area (Å²) in [5, 5.41) is 11.4. The number of rotatable bonds is 9. The summed E-state index contributed by atoms with van der Waals surface area (Å²) >= 11 is 0. The molecule has 0 saturated carbocycles. The van der Waals surface area contributed by atoms with E-state index in [-0.39, 0.29) is 23.8 Å². The second-order valence-electron chi connectivity index (χ2n) is 6.57. The molecule has 3 rings (SSSR count). The van der Waals surface area contributed by atoms with Gasteiger partial charge in [0.1, 0.15) is 12.4 Å². The summed E-state index contributed by atoms with van der Waals surface area (Å²) in [5.41, 5.74) is 4.30. The van der Waals surface area contributed by atoms with Crippen molar-refractivity contribution in [3.63, 3.8) is 0 Å². The molecule has 0 aliphatic heterocycles. The number of amides is 2. The van der Waals surface area contributed by atoms with E-state index in [9.17, 15) is 9.59 Å². The normalized spacial score (nSPS) is 11.4. The molecule has 4 N–H and O–H groups in total. The molecule has 3 aromatic heterocycles. The number of ether oxygens (including phenoxy) is 1. The highest BCUT2D eigenvalue weighted by Crippen LogP contribution is 2.21. The second kappa shape index (κ2) is 10.6. The summed E-state index contributed by atoms with van der Waals surface area (Å²) in [7, 11) is 0. The zero-order chi connectivity index (χ0) is 22.9. The van der Waals surface area contributed by atoms with Gasteiger partial charge in [0.15, 0.2) is 5.76 Å². The van der Waals surface area contributed by atoms with Gasteiger partial charge in [-0.25, -0.2) is 5.48 Å². The maximum absolute atomic E-state index is 12.2. The largest absolute Gasteiger partial charge is 0.489 e. The topological polar surface area (TPSA) is 129 Å².